The highest BCUT2D eigenvalue weighted by atomic mass is 35.5. The highest BCUT2D eigenvalue weighted by Crippen LogP contribution is 2.33. The van der Waals surface area contributed by atoms with E-state index in [1.165, 1.54) is 11.8 Å². The van der Waals surface area contributed by atoms with Crippen molar-refractivity contribution >= 4 is 47.4 Å². The Bertz CT molecular complexity index is 688. The molecule has 6 nitrogen and oxygen atoms in total. The van der Waals surface area contributed by atoms with Crippen molar-refractivity contribution in [3.8, 4) is 0 Å². The minimum atomic E-state index is 0. The fourth-order valence-electron chi connectivity index (χ4n) is 2.25. The number of benzene rings is 1. The monoisotopic (exact) mass is 373 g/mol. The average Bonchev–Trinajstić information content (AvgIpc) is 3.14. The summed E-state index contributed by atoms with van der Waals surface area (Å²) >= 11 is 7.73. The second-order valence-corrected chi connectivity index (χ2v) is 6.57. The van der Waals surface area contributed by atoms with E-state index in [1.807, 2.05) is 23.7 Å². The number of nitrogens with zero attached hydrogens (tertiary/aromatic N) is 3. The summed E-state index contributed by atoms with van der Waals surface area (Å²) < 4.78 is 1.82. The molecule has 1 aromatic heterocycles. The van der Waals surface area contributed by atoms with Crippen LogP contribution in [0.2, 0.25) is 5.02 Å². The number of aryl methyl sites for hydroxylation is 1. The van der Waals surface area contributed by atoms with Crippen molar-refractivity contribution in [3.05, 3.63) is 29.5 Å². The molecule has 0 saturated carbocycles. The van der Waals surface area contributed by atoms with Crippen LogP contribution in [0.5, 0.6) is 0 Å². The van der Waals surface area contributed by atoms with Crippen molar-refractivity contribution in [1.82, 2.24) is 20.1 Å². The number of anilines is 1. The van der Waals surface area contributed by atoms with Crippen molar-refractivity contribution in [1.29, 1.82) is 0 Å². The minimum absolute atomic E-state index is 0. The molecule has 2 N–H and O–H groups in total. The summed E-state index contributed by atoms with van der Waals surface area (Å²) in [5.74, 6) is 0.0706. The first-order chi connectivity index (χ1) is 10.6. The number of aromatic nitrogens is 3. The largest absolute Gasteiger partial charge is 0.326 e. The number of rotatable bonds is 4. The summed E-state index contributed by atoms with van der Waals surface area (Å²) in [7, 11) is 1.88. The van der Waals surface area contributed by atoms with Crippen LogP contribution >= 0.6 is 35.8 Å². The van der Waals surface area contributed by atoms with Gasteiger partial charge >= 0.3 is 0 Å². The third-order valence-corrected chi connectivity index (χ3v) is 5.05. The summed E-state index contributed by atoms with van der Waals surface area (Å²) in [6.45, 7) is 1.63. The van der Waals surface area contributed by atoms with E-state index < -0.39 is 0 Å². The number of carbonyl (C=O) groups excluding carboxylic acids is 1. The van der Waals surface area contributed by atoms with Crippen LogP contribution in [0.3, 0.4) is 0 Å². The molecule has 23 heavy (non-hydrogen) atoms. The molecule has 1 unspecified atom stereocenters. The summed E-state index contributed by atoms with van der Waals surface area (Å²) in [6, 6.07) is 5.50. The van der Waals surface area contributed by atoms with E-state index >= 15 is 0 Å². The first-order valence-corrected chi connectivity index (χ1v) is 8.16. The lowest BCUT2D eigenvalue weighted by atomic mass is 10.1. The van der Waals surface area contributed by atoms with Gasteiger partial charge in [0.25, 0.3) is 0 Å². The van der Waals surface area contributed by atoms with Gasteiger partial charge in [0, 0.05) is 24.2 Å². The van der Waals surface area contributed by atoms with Gasteiger partial charge in [0.05, 0.1) is 10.9 Å². The molecule has 1 fully saturated rings. The van der Waals surface area contributed by atoms with E-state index in [4.69, 9.17) is 11.6 Å². The Hall–Kier alpha value is -1.28. The van der Waals surface area contributed by atoms with Crippen molar-refractivity contribution < 1.29 is 4.79 Å². The Morgan fingerprint density at radius 1 is 1.52 bits per heavy atom. The first kappa shape index (κ1) is 18.1. The molecule has 1 amide bonds. The highest BCUT2D eigenvalue weighted by molar-refractivity contribution is 7.99. The molecule has 3 rings (SSSR count). The molecule has 9 heteroatoms. The van der Waals surface area contributed by atoms with E-state index in [0.717, 1.165) is 29.6 Å². The minimum Gasteiger partial charge on any atom is -0.326 e. The summed E-state index contributed by atoms with van der Waals surface area (Å²) in [4.78, 5) is 13.0. The van der Waals surface area contributed by atoms with Crippen LogP contribution in [0, 0.1) is 5.92 Å². The number of amides is 1. The van der Waals surface area contributed by atoms with E-state index in [9.17, 15) is 4.79 Å². The average molecular weight is 374 g/mol. The zero-order valence-corrected chi connectivity index (χ0v) is 14.8. The maximum absolute atomic E-state index is 12.1. The van der Waals surface area contributed by atoms with Crippen LogP contribution in [0.25, 0.3) is 0 Å². The number of halogens is 2. The summed E-state index contributed by atoms with van der Waals surface area (Å²) in [5, 5.41) is 15.3. The molecule has 0 aliphatic carbocycles. The third-order valence-electron chi connectivity index (χ3n) is 3.50. The van der Waals surface area contributed by atoms with Gasteiger partial charge in [-0.3, -0.25) is 4.79 Å². The first-order valence-electron chi connectivity index (χ1n) is 6.96. The molecular formula is C14H17Cl2N5OS. The Morgan fingerprint density at radius 2 is 2.35 bits per heavy atom. The molecule has 2 heterocycles. The lowest BCUT2D eigenvalue weighted by molar-refractivity contribution is -0.119. The molecule has 2 aromatic rings. The fraction of sp³-hybridized carbons (Fsp3) is 0.357. The van der Waals surface area contributed by atoms with Gasteiger partial charge in [0.15, 0.2) is 5.16 Å². The van der Waals surface area contributed by atoms with E-state index in [1.54, 1.807) is 12.4 Å². The molecule has 1 aliphatic heterocycles. The fourth-order valence-corrected chi connectivity index (χ4v) is 3.31. The smallest absolute Gasteiger partial charge is 0.228 e. The Labute approximate surface area is 149 Å². The predicted molar refractivity (Wildman–Crippen MR) is 93.4 cm³/mol. The van der Waals surface area contributed by atoms with Crippen molar-refractivity contribution in [2.45, 2.75) is 16.5 Å². The number of carbonyl (C=O) groups is 1. The van der Waals surface area contributed by atoms with Crippen LogP contribution in [0.15, 0.2) is 34.6 Å². The third kappa shape index (κ3) is 4.38. The van der Waals surface area contributed by atoms with Gasteiger partial charge in [-0.05, 0) is 42.9 Å². The lowest BCUT2D eigenvalue weighted by Crippen LogP contribution is -2.24. The molecule has 1 atom stereocenters. The van der Waals surface area contributed by atoms with Crippen LogP contribution < -0.4 is 10.6 Å². The summed E-state index contributed by atoms with van der Waals surface area (Å²) in [5.41, 5.74) is 0.712. The molecule has 0 spiro atoms. The van der Waals surface area contributed by atoms with E-state index in [-0.39, 0.29) is 24.2 Å². The standard InChI is InChI=1S/C14H16ClN5OS.ClH/c1-20-8-17-19-14(20)22-12-3-2-10(6-11(12)15)18-13(21)9-4-5-16-7-9;/h2-3,6,8-9,16H,4-5,7H2,1H3,(H,18,21);1H. The molecule has 0 radical (unpaired) electrons. The normalized spacial score (nSPS) is 16.9. The second-order valence-electron chi connectivity index (χ2n) is 5.15. The molecule has 1 saturated heterocycles. The molecule has 124 valence electrons. The molecule has 1 aliphatic rings. The van der Waals surface area contributed by atoms with Gasteiger partial charge in [-0.25, -0.2) is 0 Å². The van der Waals surface area contributed by atoms with Gasteiger partial charge < -0.3 is 15.2 Å². The number of hydrogen-bond acceptors (Lipinski definition) is 5. The Morgan fingerprint density at radius 3 is 2.96 bits per heavy atom. The van der Waals surface area contributed by atoms with Crippen LogP contribution in [0.1, 0.15) is 6.42 Å². The van der Waals surface area contributed by atoms with Crippen molar-refractivity contribution in [3.63, 3.8) is 0 Å². The Balaban J connectivity index is 0.00000192. The maximum Gasteiger partial charge on any atom is 0.228 e. The molecule has 0 bridgehead atoms. The van der Waals surface area contributed by atoms with Crippen molar-refractivity contribution in [2.75, 3.05) is 18.4 Å². The quantitative estimate of drug-likeness (QED) is 0.861. The maximum atomic E-state index is 12.1. The number of nitrogens with one attached hydrogen (secondary N) is 2. The molecular weight excluding hydrogens is 357 g/mol. The van der Waals surface area contributed by atoms with E-state index in [2.05, 4.69) is 20.8 Å². The number of hydrogen-bond donors (Lipinski definition) is 2. The van der Waals surface area contributed by atoms with E-state index in [0.29, 0.717) is 10.7 Å². The van der Waals surface area contributed by atoms with Gasteiger partial charge in [0.1, 0.15) is 6.33 Å². The second kappa shape index (κ2) is 8.01. The van der Waals surface area contributed by atoms with Crippen LogP contribution in [0.4, 0.5) is 5.69 Å². The van der Waals surface area contributed by atoms with Gasteiger partial charge in [-0.2, -0.15) is 0 Å². The van der Waals surface area contributed by atoms with Gasteiger partial charge in [-0.1, -0.05) is 11.6 Å². The van der Waals surface area contributed by atoms with Crippen LogP contribution in [-0.2, 0) is 11.8 Å². The van der Waals surface area contributed by atoms with Gasteiger partial charge in [0.2, 0.25) is 5.91 Å². The predicted octanol–water partition coefficient (Wildman–Crippen LogP) is 2.59. The SMILES string of the molecule is Cl.Cn1cnnc1Sc1ccc(NC(=O)C2CCNC2)cc1Cl. The zero-order chi connectivity index (χ0) is 15.5. The topological polar surface area (TPSA) is 71.8 Å². The molecule has 1 aromatic carbocycles. The van der Waals surface area contributed by atoms with Crippen LogP contribution in [-0.4, -0.2) is 33.8 Å². The lowest BCUT2D eigenvalue weighted by Gasteiger charge is -2.11. The Kier molecular flexibility index (Phi) is 6.29. The highest BCUT2D eigenvalue weighted by Gasteiger charge is 2.22. The van der Waals surface area contributed by atoms with Crippen molar-refractivity contribution in [2.24, 2.45) is 13.0 Å². The zero-order valence-electron chi connectivity index (χ0n) is 12.5. The summed E-state index contributed by atoms with van der Waals surface area (Å²) in [6.07, 6.45) is 2.51. The van der Waals surface area contributed by atoms with Gasteiger partial charge in [-0.15, -0.1) is 22.6 Å².